The lowest BCUT2D eigenvalue weighted by atomic mass is 10.1. The number of aromatic nitrogens is 2. The fourth-order valence-corrected chi connectivity index (χ4v) is 3.56. The van der Waals surface area contributed by atoms with Gasteiger partial charge in [-0.1, -0.05) is 35.5 Å². The first kappa shape index (κ1) is 21.8. The Labute approximate surface area is 187 Å². The molecule has 32 heavy (non-hydrogen) atoms. The van der Waals surface area contributed by atoms with E-state index in [0.29, 0.717) is 49.5 Å². The fraction of sp³-hybridized carbons (Fsp3) is 0.375. The van der Waals surface area contributed by atoms with Crippen molar-refractivity contribution >= 4 is 5.91 Å². The van der Waals surface area contributed by atoms with Crippen LogP contribution in [0.4, 0.5) is 0 Å². The zero-order valence-electron chi connectivity index (χ0n) is 18.5. The summed E-state index contributed by atoms with van der Waals surface area (Å²) in [4.78, 5) is 19.0. The summed E-state index contributed by atoms with van der Waals surface area (Å²) >= 11 is 0. The molecule has 0 saturated carbocycles. The lowest BCUT2D eigenvalue weighted by Gasteiger charge is -2.31. The number of rotatable bonds is 7. The molecule has 1 saturated heterocycles. The van der Waals surface area contributed by atoms with Crippen molar-refractivity contribution in [2.24, 2.45) is 0 Å². The van der Waals surface area contributed by atoms with Gasteiger partial charge in [-0.2, -0.15) is 4.98 Å². The molecule has 2 aromatic carbocycles. The van der Waals surface area contributed by atoms with Crippen LogP contribution in [-0.4, -0.2) is 53.9 Å². The molecule has 0 N–H and O–H groups in total. The number of carbonyl (C=O) groups excluding carboxylic acids is 1. The van der Waals surface area contributed by atoms with Gasteiger partial charge in [-0.15, -0.1) is 0 Å². The van der Waals surface area contributed by atoms with Crippen LogP contribution in [0.15, 0.2) is 47.0 Å². The number of benzene rings is 2. The van der Waals surface area contributed by atoms with E-state index < -0.39 is 6.10 Å². The highest BCUT2D eigenvalue weighted by atomic mass is 16.5. The molecule has 0 bridgehead atoms. The third kappa shape index (κ3) is 4.91. The van der Waals surface area contributed by atoms with Gasteiger partial charge in [-0.05, 0) is 44.0 Å². The Morgan fingerprint density at radius 3 is 2.81 bits per heavy atom. The van der Waals surface area contributed by atoms with Crippen molar-refractivity contribution in [3.8, 4) is 22.9 Å². The highest BCUT2D eigenvalue weighted by Crippen LogP contribution is 2.29. The van der Waals surface area contributed by atoms with Gasteiger partial charge in [0.1, 0.15) is 0 Å². The van der Waals surface area contributed by atoms with Crippen molar-refractivity contribution in [2.45, 2.75) is 26.9 Å². The van der Waals surface area contributed by atoms with E-state index in [1.54, 1.807) is 4.90 Å². The smallest absolute Gasteiger partial charge is 0.260 e. The number of aryl methyl sites for hydroxylation is 2. The Morgan fingerprint density at radius 2 is 2.00 bits per heavy atom. The largest absolute Gasteiger partial charge is 0.490 e. The standard InChI is InChI=1S/C24H27N3O5/c1-4-29-20-13-16(2)9-10-19(20)31-15-22(28)27-11-12-30-21(14-27)24-25-23(26-32-24)18-8-6-5-7-17(18)3/h5-10,13,21H,4,11-12,14-15H2,1-3H3/t21-/m0/s1. The summed E-state index contributed by atoms with van der Waals surface area (Å²) in [5.41, 5.74) is 3.02. The van der Waals surface area contributed by atoms with Crippen molar-refractivity contribution in [1.29, 1.82) is 0 Å². The SMILES string of the molecule is CCOc1cc(C)ccc1OCC(=O)N1CCO[C@H](c2nc(-c3ccccc3C)no2)C1. The van der Waals surface area contributed by atoms with Crippen molar-refractivity contribution in [3.63, 3.8) is 0 Å². The monoisotopic (exact) mass is 437 g/mol. The van der Waals surface area contributed by atoms with Gasteiger partial charge in [0.2, 0.25) is 5.82 Å². The predicted molar refractivity (Wildman–Crippen MR) is 118 cm³/mol. The quantitative estimate of drug-likeness (QED) is 0.557. The molecule has 4 rings (SSSR count). The maximum absolute atomic E-state index is 12.8. The number of ether oxygens (including phenoxy) is 3. The molecular formula is C24H27N3O5. The molecule has 1 atom stereocenters. The maximum Gasteiger partial charge on any atom is 0.260 e. The van der Waals surface area contributed by atoms with Crippen molar-refractivity contribution in [2.75, 3.05) is 32.9 Å². The molecule has 2 heterocycles. The molecule has 0 radical (unpaired) electrons. The zero-order chi connectivity index (χ0) is 22.5. The van der Waals surface area contributed by atoms with Crippen LogP contribution in [0.1, 0.15) is 30.0 Å². The Kier molecular flexibility index (Phi) is 6.70. The minimum atomic E-state index is -0.476. The van der Waals surface area contributed by atoms with Crippen LogP contribution in [0.2, 0.25) is 0 Å². The Morgan fingerprint density at radius 1 is 1.16 bits per heavy atom. The number of hydrogen-bond donors (Lipinski definition) is 0. The molecule has 0 spiro atoms. The highest BCUT2D eigenvalue weighted by Gasteiger charge is 2.30. The molecule has 1 fully saturated rings. The summed E-state index contributed by atoms with van der Waals surface area (Å²) in [6.07, 6.45) is -0.476. The van der Waals surface area contributed by atoms with Crippen LogP contribution in [0.3, 0.4) is 0 Å². The highest BCUT2D eigenvalue weighted by molar-refractivity contribution is 5.78. The molecule has 0 unspecified atom stereocenters. The van der Waals surface area contributed by atoms with Gasteiger partial charge in [0.25, 0.3) is 11.8 Å². The summed E-state index contributed by atoms with van der Waals surface area (Å²) in [5.74, 6) is 1.92. The third-order valence-electron chi connectivity index (χ3n) is 5.27. The summed E-state index contributed by atoms with van der Waals surface area (Å²) in [6, 6.07) is 13.5. The third-order valence-corrected chi connectivity index (χ3v) is 5.27. The first-order chi connectivity index (χ1) is 15.5. The van der Waals surface area contributed by atoms with Gasteiger partial charge >= 0.3 is 0 Å². The van der Waals surface area contributed by atoms with Gasteiger partial charge in [0.05, 0.1) is 19.8 Å². The first-order valence-corrected chi connectivity index (χ1v) is 10.7. The lowest BCUT2D eigenvalue weighted by Crippen LogP contribution is -2.44. The minimum Gasteiger partial charge on any atom is -0.490 e. The van der Waals surface area contributed by atoms with E-state index in [2.05, 4.69) is 10.1 Å². The van der Waals surface area contributed by atoms with Crippen molar-refractivity contribution in [3.05, 3.63) is 59.5 Å². The van der Waals surface area contributed by atoms with Gasteiger partial charge < -0.3 is 23.6 Å². The minimum absolute atomic E-state index is 0.0891. The molecule has 1 aliphatic rings. The fourth-order valence-electron chi connectivity index (χ4n) is 3.56. The summed E-state index contributed by atoms with van der Waals surface area (Å²) in [6.45, 7) is 7.50. The van der Waals surface area contributed by atoms with Crippen LogP contribution in [0.25, 0.3) is 11.4 Å². The van der Waals surface area contributed by atoms with E-state index in [1.165, 1.54) is 0 Å². The molecule has 3 aromatic rings. The average Bonchev–Trinajstić information content (AvgIpc) is 3.29. The van der Waals surface area contributed by atoms with Crippen molar-refractivity contribution in [1.82, 2.24) is 15.0 Å². The second kappa shape index (κ2) is 9.82. The number of nitrogens with zero attached hydrogens (tertiary/aromatic N) is 3. The number of amides is 1. The molecule has 1 aliphatic heterocycles. The molecule has 1 aromatic heterocycles. The molecule has 8 nitrogen and oxygen atoms in total. The molecular weight excluding hydrogens is 410 g/mol. The van der Waals surface area contributed by atoms with Gasteiger partial charge in [-0.25, -0.2) is 0 Å². The van der Waals surface area contributed by atoms with E-state index >= 15 is 0 Å². The van der Waals surface area contributed by atoms with Gasteiger partial charge in [0.15, 0.2) is 24.2 Å². The molecule has 8 heteroatoms. The molecule has 168 valence electrons. The van der Waals surface area contributed by atoms with Crippen LogP contribution in [-0.2, 0) is 9.53 Å². The predicted octanol–water partition coefficient (Wildman–Crippen LogP) is 3.73. The molecule has 1 amide bonds. The summed E-state index contributed by atoms with van der Waals surface area (Å²) < 4.78 is 22.6. The van der Waals surface area contributed by atoms with Crippen LogP contribution in [0.5, 0.6) is 11.5 Å². The van der Waals surface area contributed by atoms with Crippen LogP contribution in [0, 0.1) is 13.8 Å². The lowest BCUT2D eigenvalue weighted by molar-refractivity contribution is -0.142. The zero-order valence-corrected chi connectivity index (χ0v) is 18.5. The summed E-state index contributed by atoms with van der Waals surface area (Å²) in [7, 11) is 0. The molecule has 0 aliphatic carbocycles. The van der Waals surface area contributed by atoms with E-state index in [1.807, 2.05) is 63.2 Å². The van der Waals surface area contributed by atoms with Crippen LogP contribution < -0.4 is 9.47 Å². The Hall–Kier alpha value is -3.39. The van der Waals surface area contributed by atoms with Gasteiger partial charge in [0, 0.05) is 12.1 Å². The van der Waals surface area contributed by atoms with Crippen molar-refractivity contribution < 1.29 is 23.5 Å². The average molecular weight is 437 g/mol. The Balaban J connectivity index is 1.39. The maximum atomic E-state index is 12.8. The Bertz CT molecular complexity index is 1080. The van der Waals surface area contributed by atoms with E-state index in [9.17, 15) is 4.79 Å². The normalized spacial score (nSPS) is 16.1. The summed E-state index contributed by atoms with van der Waals surface area (Å²) in [5, 5.41) is 4.09. The topological polar surface area (TPSA) is 86.9 Å². The van der Waals surface area contributed by atoms with E-state index in [0.717, 1.165) is 16.7 Å². The second-order valence-electron chi connectivity index (χ2n) is 7.64. The number of morpholine rings is 1. The second-order valence-corrected chi connectivity index (χ2v) is 7.64. The van der Waals surface area contributed by atoms with Gasteiger partial charge in [-0.3, -0.25) is 4.79 Å². The van der Waals surface area contributed by atoms with E-state index in [4.69, 9.17) is 18.7 Å². The first-order valence-electron chi connectivity index (χ1n) is 10.7. The number of hydrogen-bond acceptors (Lipinski definition) is 7. The number of carbonyl (C=O) groups is 1. The van der Waals surface area contributed by atoms with Crippen LogP contribution >= 0.6 is 0 Å². The van der Waals surface area contributed by atoms with E-state index in [-0.39, 0.29) is 12.5 Å².